The molecule has 0 fully saturated rings. The number of likely N-dealkylation sites (N-methyl/N-ethyl adjacent to an activating group) is 1. The lowest BCUT2D eigenvalue weighted by molar-refractivity contribution is -0.139. The number of nitrogens with one attached hydrogen (secondary N) is 1. The molecule has 1 heterocycles. The first kappa shape index (κ1) is 21.4. The van der Waals surface area contributed by atoms with E-state index in [1.807, 2.05) is 0 Å². The molecule has 0 saturated carbocycles. The topological polar surface area (TPSA) is 69.6 Å². The Morgan fingerprint density at radius 2 is 1.93 bits per heavy atom. The van der Waals surface area contributed by atoms with Crippen molar-refractivity contribution in [3.05, 3.63) is 56.2 Å². The van der Waals surface area contributed by atoms with Gasteiger partial charge in [0.2, 0.25) is 5.91 Å². The maximum Gasteiger partial charge on any atom is 0.416 e. The van der Waals surface area contributed by atoms with Crippen molar-refractivity contribution in [2.45, 2.75) is 12.3 Å². The van der Waals surface area contributed by atoms with Crippen LogP contribution >= 0.6 is 27.3 Å². The summed E-state index contributed by atoms with van der Waals surface area (Å²) in [6.07, 6.45) is -6.13. The molecule has 1 aromatic carbocycles. The number of benzene rings is 1. The second-order valence-corrected chi connectivity index (χ2v) is 8.13. The summed E-state index contributed by atoms with van der Waals surface area (Å²) in [4.78, 5) is 25.8. The summed E-state index contributed by atoms with van der Waals surface area (Å²) in [5.74, 6) is -0.950. The van der Waals surface area contributed by atoms with Crippen LogP contribution in [0.4, 0.5) is 13.2 Å². The molecule has 2 rings (SSSR count). The molecule has 1 unspecified atom stereocenters. The number of aliphatic hydroxyl groups is 1. The predicted octanol–water partition coefficient (Wildman–Crippen LogP) is 3.45. The van der Waals surface area contributed by atoms with Crippen LogP contribution < -0.4 is 5.32 Å². The lowest BCUT2D eigenvalue weighted by Crippen LogP contribution is -2.39. The van der Waals surface area contributed by atoms with Crippen LogP contribution in [0.5, 0.6) is 0 Å². The summed E-state index contributed by atoms with van der Waals surface area (Å²) in [6, 6.07) is 7.95. The summed E-state index contributed by atoms with van der Waals surface area (Å²) >= 11 is 4.46. The van der Waals surface area contributed by atoms with Gasteiger partial charge in [-0.1, -0.05) is 18.2 Å². The largest absolute Gasteiger partial charge is 0.416 e. The SMILES string of the molecule is CN(CC(=O)NCC(O)c1ccccc1C(F)(F)F)C(=O)c1ccc(Br)s1. The molecule has 0 saturated heterocycles. The van der Waals surface area contributed by atoms with Crippen LogP contribution in [0.25, 0.3) is 0 Å². The number of halogens is 4. The average molecular weight is 465 g/mol. The van der Waals surface area contributed by atoms with Gasteiger partial charge in [0.05, 0.1) is 26.9 Å². The van der Waals surface area contributed by atoms with Crippen molar-refractivity contribution in [1.82, 2.24) is 10.2 Å². The van der Waals surface area contributed by atoms with E-state index in [2.05, 4.69) is 21.2 Å². The van der Waals surface area contributed by atoms with Crippen molar-refractivity contribution >= 4 is 39.1 Å². The highest BCUT2D eigenvalue weighted by Crippen LogP contribution is 2.34. The zero-order chi connectivity index (χ0) is 20.2. The van der Waals surface area contributed by atoms with Gasteiger partial charge in [0, 0.05) is 13.6 Å². The number of alkyl halides is 3. The van der Waals surface area contributed by atoms with Gasteiger partial charge in [0.25, 0.3) is 5.91 Å². The van der Waals surface area contributed by atoms with Crippen LogP contribution in [0, 0.1) is 0 Å². The van der Waals surface area contributed by atoms with E-state index in [1.54, 1.807) is 12.1 Å². The van der Waals surface area contributed by atoms with Crippen molar-refractivity contribution in [1.29, 1.82) is 0 Å². The summed E-state index contributed by atoms with van der Waals surface area (Å²) in [7, 11) is 1.44. The maximum absolute atomic E-state index is 13.0. The van der Waals surface area contributed by atoms with Gasteiger partial charge in [-0.15, -0.1) is 11.3 Å². The number of nitrogens with zero attached hydrogens (tertiary/aromatic N) is 1. The Bertz CT molecular complexity index is 826. The highest BCUT2D eigenvalue weighted by Gasteiger charge is 2.34. The van der Waals surface area contributed by atoms with Crippen LogP contribution in [0.1, 0.15) is 26.9 Å². The van der Waals surface area contributed by atoms with Crippen LogP contribution in [0.15, 0.2) is 40.2 Å². The highest BCUT2D eigenvalue weighted by molar-refractivity contribution is 9.11. The second-order valence-electron chi connectivity index (χ2n) is 5.67. The number of carbonyl (C=O) groups is 2. The fourth-order valence-electron chi connectivity index (χ4n) is 2.33. The number of thiophene rings is 1. The third-order valence-electron chi connectivity index (χ3n) is 3.63. The summed E-state index contributed by atoms with van der Waals surface area (Å²) < 4.78 is 39.7. The van der Waals surface area contributed by atoms with E-state index in [0.29, 0.717) is 4.88 Å². The van der Waals surface area contributed by atoms with Crippen LogP contribution in [0.2, 0.25) is 0 Å². The fourth-order valence-corrected chi connectivity index (χ4v) is 3.71. The molecule has 1 aromatic heterocycles. The smallest absolute Gasteiger partial charge is 0.387 e. The summed E-state index contributed by atoms with van der Waals surface area (Å²) in [5.41, 5.74) is -1.28. The van der Waals surface area contributed by atoms with Gasteiger partial charge >= 0.3 is 6.18 Å². The Morgan fingerprint density at radius 3 is 2.52 bits per heavy atom. The number of rotatable bonds is 6. The maximum atomic E-state index is 13.0. The van der Waals surface area contributed by atoms with E-state index < -0.39 is 30.3 Å². The lowest BCUT2D eigenvalue weighted by atomic mass is 10.0. The average Bonchev–Trinajstić information content (AvgIpc) is 3.04. The zero-order valence-corrected chi connectivity index (χ0v) is 16.5. The predicted molar refractivity (Wildman–Crippen MR) is 98.4 cm³/mol. The van der Waals surface area contributed by atoms with E-state index in [9.17, 15) is 27.9 Å². The summed E-state index contributed by atoms with van der Waals surface area (Å²) in [6.45, 7) is -0.694. The van der Waals surface area contributed by atoms with Crippen molar-refractivity contribution in [2.24, 2.45) is 0 Å². The minimum atomic E-state index is -4.61. The van der Waals surface area contributed by atoms with E-state index in [1.165, 1.54) is 35.4 Å². The van der Waals surface area contributed by atoms with E-state index in [-0.39, 0.29) is 18.0 Å². The molecule has 0 aliphatic heterocycles. The number of amides is 2. The molecule has 5 nitrogen and oxygen atoms in total. The standard InChI is InChI=1S/C17H16BrF3N2O3S/c1-23(16(26)13-6-7-14(18)27-13)9-15(25)22-8-12(24)10-4-2-3-5-11(10)17(19,20)21/h2-7,12,24H,8-9H2,1H3,(H,22,25). The van der Waals surface area contributed by atoms with E-state index >= 15 is 0 Å². The monoisotopic (exact) mass is 464 g/mol. The third-order valence-corrected chi connectivity index (χ3v) is 5.24. The minimum absolute atomic E-state index is 0.290. The lowest BCUT2D eigenvalue weighted by Gasteiger charge is -2.19. The molecule has 27 heavy (non-hydrogen) atoms. The van der Waals surface area contributed by atoms with Crippen molar-refractivity contribution in [3.63, 3.8) is 0 Å². The first-order valence-electron chi connectivity index (χ1n) is 7.71. The molecule has 146 valence electrons. The molecule has 0 bridgehead atoms. The molecular weight excluding hydrogens is 449 g/mol. The second kappa shape index (κ2) is 8.85. The van der Waals surface area contributed by atoms with Gasteiger partial charge in [-0.2, -0.15) is 13.2 Å². The number of hydrogen-bond donors (Lipinski definition) is 2. The van der Waals surface area contributed by atoms with Crippen molar-refractivity contribution in [3.8, 4) is 0 Å². The fraction of sp³-hybridized carbons (Fsp3) is 0.294. The number of aliphatic hydroxyl groups excluding tert-OH is 1. The first-order chi connectivity index (χ1) is 12.6. The van der Waals surface area contributed by atoms with Crippen LogP contribution in [-0.2, 0) is 11.0 Å². The van der Waals surface area contributed by atoms with Crippen LogP contribution in [0.3, 0.4) is 0 Å². The summed E-state index contributed by atoms with van der Waals surface area (Å²) in [5, 5.41) is 12.4. The van der Waals surface area contributed by atoms with Gasteiger partial charge in [0.15, 0.2) is 0 Å². The first-order valence-corrected chi connectivity index (χ1v) is 9.32. The van der Waals surface area contributed by atoms with Crippen LogP contribution in [-0.4, -0.2) is 42.0 Å². The molecule has 10 heteroatoms. The van der Waals surface area contributed by atoms with E-state index in [4.69, 9.17) is 0 Å². The van der Waals surface area contributed by atoms with Gasteiger partial charge < -0.3 is 15.3 Å². The number of hydrogen-bond acceptors (Lipinski definition) is 4. The molecule has 0 spiro atoms. The van der Waals surface area contributed by atoms with Gasteiger partial charge in [-0.25, -0.2) is 0 Å². The highest BCUT2D eigenvalue weighted by atomic mass is 79.9. The quantitative estimate of drug-likeness (QED) is 0.687. The normalized spacial score (nSPS) is 12.5. The molecular formula is C17H16BrF3N2O3S. The Hall–Kier alpha value is -1.91. The molecule has 0 aliphatic rings. The van der Waals surface area contributed by atoms with Gasteiger partial charge in [-0.05, 0) is 39.7 Å². The molecule has 1 atom stereocenters. The molecule has 2 aromatic rings. The number of carbonyl (C=O) groups excluding carboxylic acids is 2. The Kier molecular flexibility index (Phi) is 7.01. The van der Waals surface area contributed by atoms with Gasteiger partial charge in [0.1, 0.15) is 0 Å². The van der Waals surface area contributed by atoms with E-state index in [0.717, 1.165) is 15.9 Å². The molecule has 2 amide bonds. The molecule has 2 N–H and O–H groups in total. The van der Waals surface area contributed by atoms with Crippen molar-refractivity contribution in [2.75, 3.05) is 20.1 Å². The van der Waals surface area contributed by atoms with Crippen molar-refractivity contribution < 1.29 is 27.9 Å². The Balaban J connectivity index is 1.93. The van der Waals surface area contributed by atoms with Gasteiger partial charge in [-0.3, -0.25) is 9.59 Å². The Morgan fingerprint density at radius 1 is 1.26 bits per heavy atom. The molecule has 0 aliphatic carbocycles. The molecule has 0 radical (unpaired) electrons. The Labute approximate surface area is 165 Å². The minimum Gasteiger partial charge on any atom is -0.387 e. The third kappa shape index (κ3) is 5.78. The zero-order valence-electron chi connectivity index (χ0n) is 14.1.